The zero-order valence-electron chi connectivity index (χ0n) is 12.3. The summed E-state index contributed by atoms with van der Waals surface area (Å²) in [6.07, 6.45) is 7.65. The highest BCUT2D eigenvalue weighted by atomic mass is 16.1. The molecule has 19 heavy (non-hydrogen) atoms. The molecule has 0 N–H and O–H groups in total. The molecule has 0 bridgehead atoms. The Kier molecular flexibility index (Phi) is 5.20. The summed E-state index contributed by atoms with van der Waals surface area (Å²) >= 11 is 0. The summed E-state index contributed by atoms with van der Waals surface area (Å²) in [5, 5.41) is 0. The molecule has 1 fully saturated rings. The van der Waals surface area contributed by atoms with Gasteiger partial charge in [0.15, 0.2) is 6.29 Å². The Hall–Kier alpha value is -1.09. The second-order valence-corrected chi connectivity index (χ2v) is 5.71. The first-order valence-electron chi connectivity index (χ1n) is 7.56. The fraction of sp³-hybridized carbons (Fsp3) is 0.688. The van der Waals surface area contributed by atoms with Crippen molar-refractivity contribution in [3.05, 3.63) is 23.0 Å². The molecule has 2 rings (SSSR count). The van der Waals surface area contributed by atoms with Gasteiger partial charge in [-0.1, -0.05) is 12.8 Å². The normalized spacial score (nSPS) is 17.4. The van der Waals surface area contributed by atoms with Crippen LogP contribution in [0.2, 0.25) is 0 Å². The van der Waals surface area contributed by atoms with Crippen LogP contribution >= 0.6 is 0 Å². The summed E-state index contributed by atoms with van der Waals surface area (Å²) in [5.41, 5.74) is 3.16. The quantitative estimate of drug-likeness (QED) is 0.761. The molecular weight excluding hydrogens is 236 g/mol. The van der Waals surface area contributed by atoms with Crippen LogP contribution in [0.1, 0.15) is 53.8 Å². The van der Waals surface area contributed by atoms with E-state index in [0.29, 0.717) is 0 Å². The maximum absolute atomic E-state index is 10.9. The highest BCUT2D eigenvalue weighted by Gasteiger charge is 2.10. The van der Waals surface area contributed by atoms with E-state index in [1.165, 1.54) is 57.4 Å². The second kappa shape index (κ2) is 6.90. The van der Waals surface area contributed by atoms with E-state index in [0.717, 1.165) is 24.1 Å². The van der Waals surface area contributed by atoms with Crippen LogP contribution in [0, 0.1) is 13.8 Å². The number of aromatic nitrogens is 1. The van der Waals surface area contributed by atoms with Crippen LogP contribution in [0.15, 0.2) is 6.07 Å². The number of hydrogen-bond acceptors (Lipinski definition) is 2. The van der Waals surface area contributed by atoms with Gasteiger partial charge in [0.25, 0.3) is 0 Å². The number of aryl methyl sites for hydroxylation is 1. The van der Waals surface area contributed by atoms with Crippen LogP contribution in [-0.4, -0.2) is 35.4 Å². The lowest BCUT2D eigenvalue weighted by Crippen LogP contribution is -2.26. The number of hydrogen-bond donors (Lipinski definition) is 0. The molecule has 0 radical (unpaired) electrons. The minimum atomic E-state index is 0.840. The molecule has 1 aliphatic heterocycles. The molecular formula is C16H26N2O. The molecule has 3 nitrogen and oxygen atoms in total. The van der Waals surface area contributed by atoms with Crippen LogP contribution in [-0.2, 0) is 6.54 Å². The van der Waals surface area contributed by atoms with Crippen molar-refractivity contribution in [2.75, 3.05) is 19.6 Å². The van der Waals surface area contributed by atoms with Crippen molar-refractivity contribution in [2.24, 2.45) is 0 Å². The first-order chi connectivity index (χ1) is 9.22. The lowest BCUT2D eigenvalue weighted by Gasteiger charge is -2.20. The summed E-state index contributed by atoms with van der Waals surface area (Å²) in [5.74, 6) is 0. The second-order valence-electron chi connectivity index (χ2n) is 5.71. The Morgan fingerprint density at radius 2 is 1.79 bits per heavy atom. The van der Waals surface area contributed by atoms with Crippen LogP contribution in [0.4, 0.5) is 0 Å². The summed E-state index contributed by atoms with van der Waals surface area (Å²) in [6, 6.07) is 1.99. The smallest absolute Gasteiger partial charge is 0.151 e. The van der Waals surface area contributed by atoms with Crippen LogP contribution in [0.3, 0.4) is 0 Å². The first-order valence-corrected chi connectivity index (χ1v) is 7.56. The van der Waals surface area contributed by atoms with Gasteiger partial charge in [-0.05, 0) is 58.8 Å². The third-order valence-electron chi connectivity index (χ3n) is 4.29. The minimum absolute atomic E-state index is 0.840. The average molecular weight is 262 g/mol. The van der Waals surface area contributed by atoms with Gasteiger partial charge in [0.1, 0.15) is 0 Å². The highest BCUT2D eigenvalue weighted by Crippen LogP contribution is 2.15. The van der Waals surface area contributed by atoms with Crippen molar-refractivity contribution in [3.8, 4) is 0 Å². The molecule has 3 heteroatoms. The molecule has 2 heterocycles. The molecule has 0 aliphatic carbocycles. The number of aldehydes is 1. The standard InChI is InChI=1S/C16H26N2O/c1-14-12-16(13-19)15(2)18(14)11-7-10-17-8-5-3-4-6-9-17/h12-13H,3-11H2,1-2H3. The Labute approximate surface area is 116 Å². The predicted octanol–water partition coefficient (Wildman–Crippen LogP) is 3.18. The van der Waals surface area contributed by atoms with E-state index in [2.05, 4.69) is 16.4 Å². The van der Waals surface area contributed by atoms with E-state index in [9.17, 15) is 4.79 Å². The zero-order valence-corrected chi connectivity index (χ0v) is 12.3. The van der Waals surface area contributed by atoms with Crippen molar-refractivity contribution in [1.82, 2.24) is 9.47 Å². The average Bonchev–Trinajstić information content (AvgIpc) is 2.62. The van der Waals surface area contributed by atoms with Crippen molar-refractivity contribution in [1.29, 1.82) is 0 Å². The summed E-state index contributed by atoms with van der Waals surface area (Å²) in [6.45, 7) is 8.89. The Bertz CT molecular complexity index is 415. The molecule has 0 saturated carbocycles. The Balaban J connectivity index is 1.85. The third kappa shape index (κ3) is 3.69. The first kappa shape index (κ1) is 14.3. The Morgan fingerprint density at radius 1 is 1.11 bits per heavy atom. The maximum atomic E-state index is 10.9. The van der Waals surface area contributed by atoms with Gasteiger partial charge in [0.2, 0.25) is 0 Å². The molecule has 1 saturated heterocycles. The molecule has 0 spiro atoms. The molecule has 1 aliphatic rings. The van der Waals surface area contributed by atoms with Gasteiger partial charge in [0, 0.05) is 23.5 Å². The number of nitrogens with zero attached hydrogens (tertiary/aromatic N) is 2. The van der Waals surface area contributed by atoms with Crippen molar-refractivity contribution in [2.45, 2.75) is 52.5 Å². The van der Waals surface area contributed by atoms with Gasteiger partial charge in [0.05, 0.1) is 0 Å². The summed E-state index contributed by atoms with van der Waals surface area (Å²) < 4.78 is 2.28. The maximum Gasteiger partial charge on any atom is 0.151 e. The molecule has 0 atom stereocenters. The molecule has 0 aromatic carbocycles. The monoisotopic (exact) mass is 262 g/mol. The summed E-state index contributed by atoms with van der Waals surface area (Å²) in [4.78, 5) is 13.5. The minimum Gasteiger partial charge on any atom is -0.348 e. The zero-order chi connectivity index (χ0) is 13.7. The lowest BCUT2D eigenvalue weighted by atomic mass is 10.2. The van der Waals surface area contributed by atoms with E-state index < -0.39 is 0 Å². The van der Waals surface area contributed by atoms with E-state index in [1.54, 1.807) is 0 Å². The van der Waals surface area contributed by atoms with Gasteiger partial charge in [-0.25, -0.2) is 0 Å². The van der Waals surface area contributed by atoms with Gasteiger partial charge in [-0.15, -0.1) is 0 Å². The van der Waals surface area contributed by atoms with Gasteiger partial charge >= 0.3 is 0 Å². The number of carbonyl (C=O) groups is 1. The SMILES string of the molecule is Cc1cc(C=O)c(C)n1CCCN1CCCCCC1. The summed E-state index contributed by atoms with van der Waals surface area (Å²) in [7, 11) is 0. The predicted molar refractivity (Wildman–Crippen MR) is 78.8 cm³/mol. The number of likely N-dealkylation sites (tertiary alicyclic amines) is 1. The van der Waals surface area contributed by atoms with Gasteiger partial charge in [-0.3, -0.25) is 4.79 Å². The van der Waals surface area contributed by atoms with Crippen molar-refractivity contribution >= 4 is 6.29 Å². The number of rotatable bonds is 5. The van der Waals surface area contributed by atoms with E-state index in [1.807, 2.05) is 13.0 Å². The van der Waals surface area contributed by atoms with E-state index >= 15 is 0 Å². The topological polar surface area (TPSA) is 25.2 Å². The van der Waals surface area contributed by atoms with E-state index in [4.69, 9.17) is 0 Å². The van der Waals surface area contributed by atoms with E-state index in [-0.39, 0.29) is 0 Å². The van der Waals surface area contributed by atoms with Gasteiger partial charge < -0.3 is 9.47 Å². The fourth-order valence-electron chi connectivity index (χ4n) is 3.10. The third-order valence-corrected chi connectivity index (χ3v) is 4.29. The van der Waals surface area contributed by atoms with Crippen molar-refractivity contribution in [3.63, 3.8) is 0 Å². The van der Waals surface area contributed by atoms with Crippen LogP contribution < -0.4 is 0 Å². The van der Waals surface area contributed by atoms with Gasteiger partial charge in [-0.2, -0.15) is 0 Å². The molecule has 0 amide bonds. The fourth-order valence-corrected chi connectivity index (χ4v) is 3.10. The molecule has 1 aromatic heterocycles. The number of carbonyl (C=O) groups excluding carboxylic acids is 1. The largest absolute Gasteiger partial charge is 0.348 e. The van der Waals surface area contributed by atoms with Crippen LogP contribution in [0.5, 0.6) is 0 Å². The highest BCUT2D eigenvalue weighted by molar-refractivity contribution is 5.77. The van der Waals surface area contributed by atoms with Crippen LogP contribution in [0.25, 0.3) is 0 Å². The lowest BCUT2D eigenvalue weighted by molar-refractivity contribution is 0.112. The van der Waals surface area contributed by atoms with Crippen molar-refractivity contribution < 1.29 is 4.79 Å². The molecule has 0 unspecified atom stereocenters. The molecule has 106 valence electrons. The Morgan fingerprint density at radius 3 is 2.37 bits per heavy atom. The molecule has 1 aromatic rings.